The van der Waals surface area contributed by atoms with E-state index >= 15 is 0 Å². The van der Waals surface area contributed by atoms with Crippen molar-refractivity contribution < 1.29 is 19.5 Å². The van der Waals surface area contributed by atoms with Gasteiger partial charge in [-0.25, -0.2) is 0 Å². The molecule has 0 amide bonds. The minimum absolute atomic E-state index is 0.190. The summed E-state index contributed by atoms with van der Waals surface area (Å²) in [6.07, 6.45) is 1.47. The molecule has 114 valence electrons. The van der Waals surface area contributed by atoms with Crippen LogP contribution in [0.5, 0.6) is 11.5 Å². The van der Waals surface area contributed by atoms with E-state index in [0.717, 1.165) is 12.8 Å². The number of phenols is 2. The molecule has 0 aliphatic heterocycles. The van der Waals surface area contributed by atoms with Crippen LogP contribution in [0, 0.1) is 0 Å². The van der Waals surface area contributed by atoms with E-state index in [4.69, 9.17) is 9.26 Å². The average molecular weight is 292 g/mol. The van der Waals surface area contributed by atoms with Gasteiger partial charge < -0.3 is 19.5 Å². The summed E-state index contributed by atoms with van der Waals surface area (Å²) in [6.45, 7) is 6.52. The van der Waals surface area contributed by atoms with Crippen molar-refractivity contribution in [3.8, 4) is 23.0 Å². The predicted octanol–water partition coefficient (Wildman–Crippen LogP) is 3.20. The number of benzene rings is 1. The van der Waals surface area contributed by atoms with Crippen LogP contribution in [-0.2, 0) is 10.3 Å². The minimum Gasteiger partial charge on any atom is -0.504 e. The number of aromatic hydroxyl groups is 2. The molecule has 6 nitrogen and oxygen atoms in total. The molecule has 2 aromatic rings. The van der Waals surface area contributed by atoms with Gasteiger partial charge in [-0.2, -0.15) is 4.98 Å². The molecule has 2 N–H and O–H groups in total. The molecule has 1 heterocycles. The van der Waals surface area contributed by atoms with Crippen molar-refractivity contribution >= 4 is 0 Å². The Morgan fingerprint density at radius 2 is 1.86 bits per heavy atom. The van der Waals surface area contributed by atoms with Crippen LogP contribution in [0.2, 0.25) is 0 Å². The maximum Gasteiger partial charge on any atom is 0.258 e. The monoisotopic (exact) mass is 292 g/mol. The summed E-state index contributed by atoms with van der Waals surface area (Å²) in [5.41, 5.74) is -0.0169. The fourth-order valence-electron chi connectivity index (χ4n) is 2.29. The van der Waals surface area contributed by atoms with Gasteiger partial charge in [0.05, 0.1) is 0 Å². The zero-order valence-electron chi connectivity index (χ0n) is 12.5. The van der Waals surface area contributed by atoms with Crippen LogP contribution in [0.3, 0.4) is 0 Å². The van der Waals surface area contributed by atoms with Crippen LogP contribution in [0.15, 0.2) is 22.7 Å². The second-order valence-electron chi connectivity index (χ2n) is 4.76. The van der Waals surface area contributed by atoms with Crippen LogP contribution < -0.4 is 0 Å². The molecule has 0 aliphatic carbocycles. The molecule has 0 spiro atoms. The zero-order chi connectivity index (χ0) is 15.5. The topological polar surface area (TPSA) is 88.6 Å². The number of nitrogens with zero attached hydrogens (tertiary/aromatic N) is 2. The molecule has 0 atom stereocenters. The van der Waals surface area contributed by atoms with E-state index < -0.39 is 5.60 Å². The molecule has 6 heteroatoms. The summed E-state index contributed by atoms with van der Waals surface area (Å²) in [7, 11) is 0. The van der Waals surface area contributed by atoms with E-state index in [2.05, 4.69) is 10.1 Å². The molecular formula is C15H20N2O4. The standard InChI is InChI=1S/C15H20N2O4/c1-4-15(5-2,20-6-3)14-16-13(21-17-14)10-7-8-11(18)12(19)9-10/h7-9,18-19H,4-6H2,1-3H3. The van der Waals surface area contributed by atoms with Gasteiger partial charge in [-0.05, 0) is 38.0 Å². The highest BCUT2D eigenvalue weighted by Crippen LogP contribution is 2.34. The first-order chi connectivity index (χ1) is 10.1. The smallest absolute Gasteiger partial charge is 0.258 e. The third-order valence-corrected chi connectivity index (χ3v) is 3.62. The van der Waals surface area contributed by atoms with Gasteiger partial charge in [0.25, 0.3) is 5.89 Å². The van der Waals surface area contributed by atoms with Crippen LogP contribution in [0.1, 0.15) is 39.4 Å². The van der Waals surface area contributed by atoms with Gasteiger partial charge in [0.1, 0.15) is 5.60 Å². The Balaban J connectivity index is 2.38. The highest BCUT2D eigenvalue weighted by atomic mass is 16.5. The SMILES string of the molecule is CCOC(CC)(CC)c1noc(-c2ccc(O)c(O)c2)n1. The Labute approximate surface area is 123 Å². The Morgan fingerprint density at radius 3 is 2.43 bits per heavy atom. The molecule has 1 aromatic heterocycles. The number of phenolic OH excluding ortho intramolecular Hbond substituents is 2. The Morgan fingerprint density at radius 1 is 1.14 bits per heavy atom. The van der Waals surface area contributed by atoms with Gasteiger partial charge in [0.15, 0.2) is 11.5 Å². The van der Waals surface area contributed by atoms with Gasteiger partial charge in [0.2, 0.25) is 5.82 Å². The lowest BCUT2D eigenvalue weighted by Crippen LogP contribution is -2.29. The van der Waals surface area contributed by atoms with E-state index in [1.807, 2.05) is 20.8 Å². The molecule has 0 aliphatic rings. The van der Waals surface area contributed by atoms with Gasteiger partial charge >= 0.3 is 0 Å². The first kappa shape index (κ1) is 15.3. The molecule has 0 saturated heterocycles. The summed E-state index contributed by atoms with van der Waals surface area (Å²) in [4.78, 5) is 4.39. The van der Waals surface area contributed by atoms with Gasteiger partial charge in [0, 0.05) is 12.2 Å². The summed E-state index contributed by atoms with van der Waals surface area (Å²) < 4.78 is 11.1. The number of aromatic nitrogens is 2. The number of hydrogen-bond donors (Lipinski definition) is 2. The molecule has 0 saturated carbocycles. The molecule has 0 radical (unpaired) electrons. The third-order valence-electron chi connectivity index (χ3n) is 3.62. The van der Waals surface area contributed by atoms with Crippen molar-refractivity contribution in [2.24, 2.45) is 0 Å². The van der Waals surface area contributed by atoms with Gasteiger partial charge in [-0.1, -0.05) is 19.0 Å². The molecule has 0 fully saturated rings. The van der Waals surface area contributed by atoms with Crippen molar-refractivity contribution in [2.75, 3.05) is 6.61 Å². The third kappa shape index (κ3) is 2.85. The Kier molecular flexibility index (Phi) is 4.47. The first-order valence-corrected chi connectivity index (χ1v) is 7.06. The quantitative estimate of drug-likeness (QED) is 0.795. The van der Waals surface area contributed by atoms with E-state index in [1.165, 1.54) is 12.1 Å². The van der Waals surface area contributed by atoms with E-state index in [9.17, 15) is 10.2 Å². The van der Waals surface area contributed by atoms with E-state index in [1.54, 1.807) is 6.07 Å². The summed E-state index contributed by atoms with van der Waals surface area (Å²) >= 11 is 0. The van der Waals surface area contributed by atoms with E-state index in [-0.39, 0.29) is 17.4 Å². The number of ether oxygens (including phenoxy) is 1. The molecule has 0 unspecified atom stereocenters. The average Bonchev–Trinajstić information content (AvgIpc) is 2.98. The molecule has 0 bridgehead atoms. The van der Waals surface area contributed by atoms with Gasteiger partial charge in [-0.15, -0.1) is 0 Å². The zero-order valence-corrected chi connectivity index (χ0v) is 12.5. The fraction of sp³-hybridized carbons (Fsp3) is 0.467. The second-order valence-corrected chi connectivity index (χ2v) is 4.76. The number of hydrogen-bond acceptors (Lipinski definition) is 6. The predicted molar refractivity (Wildman–Crippen MR) is 76.9 cm³/mol. The first-order valence-electron chi connectivity index (χ1n) is 7.06. The summed E-state index contributed by atoms with van der Waals surface area (Å²) in [6, 6.07) is 4.36. The van der Waals surface area contributed by atoms with Crippen molar-refractivity contribution in [3.05, 3.63) is 24.0 Å². The maximum absolute atomic E-state index is 9.54. The van der Waals surface area contributed by atoms with Crippen molar-refractivity contribution in [2.45, 2.75) is 39.2 Å². The summed E-state index contributed by atoms with van der Waals surface area (Å²) in [5.74, 6) is 0.363. The van der Waals surface area contributed by atoms with Crippen molar-refractivity contribution in [1.29, 1.82) is 0 Å². The highest BCUT2D eigenvalue weighted by Gasteiger charge is 2.34. The largest absolute Gasteiger partial charge is 0.504 e. The molecule has 1 aromatic carbocycles. The van der Waals surface area contributed by atoms with Crippen LogP contribution >= 0.6 is 0 Å². The van der Waals surface area contributed by atoms with Crippen molar-refractivity contribution in [3.63, 3.8) is 0 Å². The summed E-state index contributed by atoms with van der Waals surface area (Å²) in [5, 5.41) is 22.9. The highest BCUT2D eigenvalue weighted by molar-refractivity contribution is 5.58. The maximum atomic E-state index is 9.54. The Bertz CT molecular complexity index is 605. The molecule has 21 heavy (non-hydrogen) atoms. The Hall–Kier alpha value is -2.08. The normalized spacial score (nSPS) is 11.8. The second kappa shape index (κ2) is 6.13. The van der Waals surface area contributed by atoms with E-state index in [0.29, 0.717) is 18.0 Å². The van der Waals surface area contributed by atoms with Gasteiger partial charge in [-0.3, -0.25) is 0 Å². The van der Waals surface area contributed by atoms with Crippen LogP contribution in [0.4, 0.5) is 0 Å². The van der Waals surface area contributed by atoms with Crippen LogP contribution in [0.25, 0.3) is 11.5 Å². The molecular weight excluding hydrogens is 272 g/mol. The molecule has 2 rings (SSSR count). The minimum atomic E-state index is -0.560. The fourth-order valence-corrected chi connectivity index (χ4v) is 2.29. The van der Waals surface area contributed by atoms with Crippen molar-refractivity contribution in [1.82, 2.24) is 10.1 Å². The van der Waals surface area contributed by atoms with Crippen LogP contribution in [-0.4, -0.2) is 27.0 Å². The lowest BCUT2D eigenvalue weighted by molar-refractivity contribution is -0.0583. The lowest BCUT2D eigenvalue weighted by Gasteiger charge is -2.27. The number of rotatable bonds is 6. The lowest BCUT2D eigenvalue weighted by atomic mass is 9.96.